The zero-order valence-electron chi connectivity index (χ0n) is 7.57. The van der Waals surface area contributed by atoms with Gasteiger partial charge in [0.2, 0.25) is 0 Å². The number of nitrogens with zero attached hydrogens (tertiary/aromatic N) is 1. The minimum Gasteiger partial charge on any atom is -0.461 e. The number of ether oxygens (including phenoxy) is 1. The first-order valence-electron chi connectivity index (χ1n) is 4.06. The first-order chi connectivity index (χ1) is 6.69. The second-order valence-corrected chi connectivity index (χ2v) is 3.15. The lowest BCUT2D eigenvalue weighted by Gasteiger charge is -1.98. The predicted octanol–water partition coefficient (Wildman–Crippen LogP) is 1.28. The van der Waals surface area contributed by atoms with Crippen molar-refractivity contribution in [3.05, 3.63) is 17.5 Å². The predicted molar refractivity (Wildman–Crippen MR) is 51.2 cm³/mol. The molecule has 1 atom stereocenters. The summed E-state index contributed by atoms with van der Waals surface area (Å²) < 4.78 is 9.45. The lowest BCUT2D eigenvalue weighted by Crippen LogP contribution is -2.04. The number of carbonyl (C=O) groups is 1. The van der Waals surface area contributed by atoms with Crippen molar-refractivity contribution in [1.29, 1.82) is 0 Å². The molecule has 0 radical (unpaired) electrons. The van der Waals surface area contributed by atoms with Gasteiger partial charge in [-0.2, -0.15) is 0 Å². The first-order valence-corrected chi connectivity index (χ1v) is 5.19. The summed E-state index contributed by atoms with van der Waals surface area (Å²) in [5.74, 6) is -0.311. The van der Waals surface area contributed by atoms with E-state index >= 15 is 0 Å². The molecule has 6 heteroatoms. The molecule has 0 aromatic carbocycles. The number of alkyl halides is 1. The normalized spacial score (nSPS) is 12.5. The fourth-order valence-electron chi connectivity index (χ4n) is 0.824. The van der Waals surface area contributed by atoms with Crippen LogP contribution in [0.4, 0.5) is 0 Å². The van der Waals surface area contributed by atoms with Gasteiger partial charge in [-0.25, -0.2) is 4.79 Å². The van der Waals surface area contributed by atoms with Crippen LogP contribution in [0.25, 0.3) is 0 Å². The fraction of sp³-hybridized carbons (Fsp3) is 0.500. The summed E-state index contributed by atoms with van der Waals surface area (Å²) >= 11 is 3.07. The van der Waals surface area contributed by atoms with E-state index in [1.54, 1.807) is 6.92 Å². The molecule has 1 aromatic rings. The fourth-order valence-corrected chi connectivity index (χ4v) is 1.14. The summed E-state index contributed by atoms with van der Waals surface area (Å²) in [5.41, 5.74) is 0.0712. The maximum atomic E-state index is 11.1. The molecule has 0 amide bonds. The quantitative estimate of drug-likeness (QED) is 0.655. The lowest BCUT2D eigenvalue weighted by atomic mass is 10.3. The van der Waals surface area contributed by atoms with E-state index in [-0.39, 0.29) is 18.1 Å². The third-order valence-electron chi connectivity index (χ3n) is 1.49. The average Bonchev–Trinajstić information content (AvgIpc) is 2.66. The number of rotatable bonds is 4. The highest BCUT2D eigenvalue weighted by atomic mass is 79.9. The molecule has 1 heterocycles. The zero-order chi connectivity index (χ0) is 10.6. The standard InChI is InChI=1S/C8H10BrNO4/c1-2-13-8(12)5-3-7(14-10-5)6(11)4-9/h3,6,11H,2,4H2,1H3. The van der Waals surface area contributed by atoms with Gasteiger partial charge in [0.05, 0.1) is 6.61 Å². The number of aliphatic hydroxyl groups is 1. The maximum Gasteiger partial charge on any atom is 0.360 e. The van der Waals surface area contributed by atoms with Crippen LogP contribution in [0.3, 0.4) is 0 Å². The van der Waals surface area contributed by atoms with Crippen LogP contribution in [-0.2, 0) is 4.74 Å². The van der Waals surface area contributed by atoms with Crippen molar-refractivity contribution >= 4 is 21.9 Å². The van der Waals surface area contributed by atoms with E-state index in [2.05, 4.69) is 21.1 Å². The third kappa shape index (κ3) is 2.55. The third-order valence-corrected chi connectivity index (χ3v) is 2.10. The number of esters is 1. The number of aliphatic hydroxyl groups excluding tert-OH is 1. The van der Waals surface area contributed by atoms with E-state index in [0.717, 1.165) is 0 Å². The van der Waals surface area contributed by atoms with E-state index in [4.69, 9.17) is 9.26 Å². The second-order valence-electron chi connectivity index (χ2n) is 2.51. The Bertz CT molecular complexity index is 312. The van der Waals surface area contributed by atoms with Gasteiger partial charge in [0.15, 0.2) is 11.5 Å². The van der Waals surface area contributed by atoms with E-state index in [0.29, 0.717) is 5.33 Å². The molecule has 5 nitrogen and oxygen atoms in total. The Morgan fingerprint density at radius 2 is 2.57 bits per heavy atom. The Kier molecular flexibility index (Phi) is 4.09. The second kappa shape index (κ2) is 5.11. The molecular formula is C8H10BrNO4. The van der Waals surface area contributed by atoms with E-state index in [9.17, 15) is 9.90 Å². The topological polar surface area (TPSA) is 72.6 Å². The molecule has 1 rings (SSSR count). The van der Waals surface area contributed by atoms with Gasteiger partial charge in [0.25, 0.3) is 0 Å². The summed E-state index contributed by atoms with van der Waals surface area (Å²) in [5, 5.41) is 13.1. The molecule has 1 unspecified atom stereocenters. The van der Waals surface area contributed by atoms with Crippen molar-refractivity contribution in [3.63, 3.8) is 0 Å². The van der Waals surface area contributed by atoms with Crippen LogP contribution >= 0.6 is 15.9 Å². The molecule has 1 N–H and O–H groups in total. The molecule has 0 aliphatic heterocycles. The minimum atomic E-state index is -0.800. The van der Waals surface area contributed by atoms with Gasteiger partial charge in [-0.15, -0.1) is 0 Å². The van der Waals surface area contributed by atoms with Gasteiger partial charge in [-0.05, 0) is 6.92 Å². The van der Waals surface area contributed by atoms with Crippen LogP contribution in [0.15, 0.2) is 10.6 Å². The summed E-state index contributed by atoms with van der Waals surface area (Å²) in [6.45, 7) is 1.98. The molecule has 0 bridgehead atoms. The van der Waals surface area contributed by atoms with Gasteiger partial charge in [0, 0.05) is 11.4 Å². The van der Waals surface area contributed by atoms with Crippen LogP contribution in [0.2, 0.25) is 0 Å². The lowest BCUT2D eigenvalue weighted by molar-refractivity contribution is 0.0514. The smallest absolute Gasteiger partial charge is 0.360 e. The molecule has 0 fully saturated rings. The minimum absolute atomic E-state index is 0.0712. The Hall–Kier alpha value is -0.880. The summed E-state index contributed by atoms with van der Waals surface area (Å²) in [7, 11) is 0. The number of carbonyl (C=O) groups excluding carboxylic acids is 1. The van der Waals surface area contributed by atoms with Crippen molar-refractivity contribution in [2.24, 2.45) is 0 Å². The Morgan fingerprint density at radius 1 is 1.86 bits per heavy atom. The van der Waals surface area contributed by atoms with Crippen molar-refractivity contribution in [2.75, 3.05) is 11.9 Å². The molecule has 0 saturated heterocycles. The summed E-state index contributed by atoms with van der Waals surface area (Å²) in [6, 6.07) is 1.36. The van der Waals surface area contributed by atoms with Crippen molar-refractivity contribution < 1.29 is 19.2 Å². The largest absolute Gasteiger partial charge is 0.461 e. The highest BCUT2D eigenvalue weighted by Gasteiger charge is 2.17. The number of halogens is 1. The van der Waals surface area contributed by atoms with Crippen molar-refractivity contribution in [1.82, 2.24) is 5.16 Å². The monoisotopic (exact) mass is 263 g/mol. The Morgan fingerprint density at radius 3 is 3.14 bits per heavy atom. The van der Waals surface area contributed by atoms with Crippen LogP contribution in [0.1, 0.15) is 29.3 Å². The van der Waals surface area contributed by atoms with Gasteiger partial charge >= 0.3 is 5.97 Å². The van der Waals surface area contributed by atoms with Crippen LogP contribution in [0, 0.1) is 0 Å². The van der Waals surface area contributed by atoms with E-state index < -0.39 is 12.1 Å². The van der Waals surface area contributed by atoms with Crippen LogP contribution in [0.5, 0.6) is 0 Å². The highest BCUT2D eigenvalue weighted by Crippen LogP contribution is 2.16. The number of hydrogen-bond donors (Lipinski definition) is 1. The number of hydrogen-bond acceptors (Lipinski definition) is 5. The maximum absolute atomic E-state index is 11.1. The van der Waals surface area contributed by atoms with Gasteiger partial charge in [-0.1, -0.05) is 21.1 Å². The summed E-state index contributed by atoms with van der Waals surface area (Å²) in [6.07, 6.45) is -0.800. The van der Waals surface area contributed by atoms with Crippen molar-refractivity contribution in [2.45, 2.75) is 13.0 Å². The van der Waals surface area contributed by atoms with Crippen molar-refractivity contribution in [3.8, 4) is 0 Å². The molecule has 1 aromatic heterocycles. The van der Waals surface area contributed by atoms with Gasteiger partial charge in [-0.3, -0.25) is 0 Å². The first kappa shape index (κ1) is 11.2. The average molecular weight is 264 g/mol. The summed E-state index contributed by atoms with van der Waals surface area (Å²) in [4.78, 5) is 11.1. The molecular weight excluding hydrogens is 254 g/mol. The molecule has 0 saturated carbocycles. The van der Waals surface area contributed by atoms with Gasteiger partial charge in [0.1, 0.15) is 6.10 Å². The zero-order valence-corrected chi connectivity index (χ0v) is 9.15. The van der Waals surface area contributed by atoms with E-state index in [1.807, 2.05) is 0 Å². The molecule has 0 spiro atoms. The van der Waals surface area contributed by atoms with Gasteiger partial charge < -0.3 is 14.4 Å². The Labute approximate surface area is 89.2 Å². The highest BCUT2D eigenvalue weighted by molar-refractivity contribution is 9.09. The molecule has 0 aliphatic rings. The SMILES string of the molecule is CCOC(=O)c1cc(C(O)CBr)on1. The molecule has 78 valence electrons. The van der Waals surface area contributed by atoms with Crippen LogP contribution in [-0.4, -0.2) is 28.2 Å². The Balaban J connectivity index is 2.72. The number of aromatic nitrogens is 1. The molecule has 14 heavy (non-hydrogen) atoms. The molecule has 0 aliphatic carbocycles. The van der Waals surface area contributed by atoms with Crippen LogP contribution < -0.4 is 0 Å². The van der Waals surface area contributed by atoms with E-state index in [1.165, 1.54) is 6.07 Å².